The fourth-order valence-corrected chi connectivity index (χ4v) is 11.3. The van der Waals surface area contributed by atoms with Crippen LogP contribution in [0.5, 0.6) is 0 Å². The summed E-state index contributed by atoms with van der Waals surface area (Å²) < 4.78 is 16.8. The summed E-state index contributed by atoms with van der Waals surface area (Å²) in [7, 11) is 1.57. The van der Waals surface area contributed by atoms with Crippen molar-refractivity contribution in [1.29, 1.82) is 0 Å². The average Bonchev–Trinajstić information content (AvgIpc) is 3.13. The number of rotatable bonds is 8. The molecule has 0 saturated heterocycles. The normalized spacial score (nSPS) is 30.7. The standard InChI is InChI=1S/C22H46O3Si2/c1-22(2,3)26(7,8)21-11-9-10-20(21)19-14-12-18(13-15-19)16-17-27(23-4,24-5)25-6/h18-21H,9-17H2,1-8H3. The van der Waals surface area contributed by atoms with E-state index in [9.17, 15) is 0 Å². The lowest BCUT2D eigenvalue weighted by Crippen LogP contribution is -2.45. The molecule has 0 aliphatic heterocycles. The molecule has 0 aromatic carbocycles. The fourth-order valence-electron chi connectivity index (χ4n) is 5.85. The highest BCUT2D eigenvalue weighted by molar-refractivity contribution is 6.81. The topological polar surface area (TPSA) is 27.7 Å². The number of hydrogen-bond acceptors (Lipinski definition) is 3. The second kappa shape index (κ2) is 9.42. The molecule has 0 aromatic heterocycles. The van der Waals surface area contributed by atoms with Crippen molar-refractivity contribution in [3.8, 4) is 0 Å². The third-order valence-electron chi connectivity index (χ3n) is 8.72. The quantitative estimate of drug-likeness (QED) is 0.412. The van der Waals surface area contributed by atoms with E-state index in [0.29, 0.717) is 5.04 Å². The third kappa shape index (κ3) is 5.27. The van der Waals surface area contributed by atoms with E-state index in [1.54, 1.807) is 21.3 Å². The maximum absolute atomic E-state index is 5.61. The first-order valence-electron chi connectivity index (χ1n) is 11.3. The molecule has 2 unspecified atom stereocenters. The van der Waals surface area contributed by atoms with Gasteiger partial charge in [0.1, 0.15) is 0 Å². The molecule has 3 nitrogen and oxygen atoms in total. The highest BCUT2D eigenvalue weighted by Gasteiger charge is 2.49. The molecule has 0 radical (unpaired) electrons. The Hall–Kier alpha value is 0.314. The minimum Gasteiger partial charge on any atom is -0.377 e. The van der Waals surface area contributed by atoms with E-state index in [0.717, 1.165) is 29.3 Å². The molecule has 0 bridgehead atoms. The largest absolute Gasteiger partial charge is 0.500 e. The molecule has 27 heavy (non-hydrogen) atoms. The van der Waals surface area contributed by atoms with Crippen LogP contribution in [-0.2, 0) is 13.3 Å². The monoisotopic (exact) mass is 414 g/mol. The van der Waals surface area contributed by atoms with Gasteiger partial charge in [-0.1, -0.05) is 66.0 Å². The van der Waals surface area contributed by atoms with Crippen LogP contribution in [0.1, 0.15) is 72.1 Å². The lowest BCUT2D eigenvalue weighted by Gasteiger charge is -2.47. The maximum Gasteiger partial charge on any atom is 0.500 e. The zero-order valence-electron chi connectivity index (χ0n) is 19.4. The molecule has 0 N–H and O–H groups in total. The molecule has 2 rings (SSSR count). The molecule has 0 aromatic rings. The Morgan fingerprint density at radius 2 is 1.37 bits per heavy atom. The summed E-state index contributed by atoms with van der Waals surface area (Å²) in [5, 5.41) is 0.520. The Labute approximate surface area is 171 Å². The Kier molecular flexibility index (Phi) is 8.23. The van der Waals surface area contributed by atoms with Gasteiger partial charge in [0.15, 0.2) is 0 Å². The summed E-state index contributed by atoms with van der Waals surface area (Å²) in [6.45, 7) is 12.9. The maximum atomic E-state index is 5.61. The van der Waals surface area contributed by atoms with E-state index in [1.165, 1.54) is 51.4 Å². The Morgan fingerprint density at radius 1 is 0.815 bits per heavy atom. The lowest BCUT2D eigenvalue weighted by molar-refractivity contribution is 0.118. The fraction of sp³-hybridized carbons (Fsp3) is 1.00. The van der Waals surface area contributed by atoms with E-state index in [1.807, 2.05) is 0 Å². The summed E-state index contributed by atoms with van der Waals surface area (Å²) in [5.41, 5.74) is 1.04. The van der Waals surface area contributed by atoms with Crippen LogP contribution < -0.4 is 0 Å². The Bertz CT molecular complexity index is 441. The van der Waals surface area contributed by atoms with E-state index in [-0.39, 0.29) is 0 Å². The van der Waals surface area contributed by atoms with Gasteiger partial charge in [0, 0.05) is 27.4 Å². The van der Waals surface area contributed by atoms with Crippen LogP contribution in [0.4, 0.5) is 0 Å². The molecular weight excluding hydrogens is 368 g/mol. The second-order valence-corrected chi connectivity index (χ2v) is 19.6. The molecule has 0 heterocycles. The van der Waals surface area contributed by atoms with Crippen molar-refractivity contribution in [3.63, 3.8) is 0 Å². The van der Waals surface area contributed by atoms with Gasteiger partial charge in [-0.15, -0.1) is 0 Å². The van der Waals surface area contributed by atoms with Gasteiger partial charge >= 0.3 is 8.80 Å². The SMILES string of the molecule is CO[Si](CCC1CCC(C2CCCC2[Si](C)(C)C(C)(C)C)CC1)(OC)OC. The van der Waals surface area contributed by atoms with Crippen molar-refractivity contribution < 1.29 is 13.3 Å². The zero-order valence-corrected chi connectivity index (χ0v) is 21.4. The Balaban J connectivity index is 1.90. The van der Waals surface area contributed by atoms with Gasteiger partial charge in [-0.2, -0.15) is 0 Å². The first kappa shape index (κ1) is 23.6. The molecule has 2 fully saturated rings. The molecule has 2 saturated carbocycles. The van der Waals surface area contributed by atoms with Gasteiger partial charge in [0.2, 0.25) is 0 Å². The van der Waals surface area contributed by atoms with E-state index < -0.39 is 16.9 Å². The van der Waals surface area contributed by atoms with E-state index in [4.69, 9.17) is 13.3 Å². The minimum atomic E-state index is -2.40. The average molecular weight is 415 g/mol. The lowest BCUT2D eigenvalue weighted by atomic mass is 9.74. The highest BCUT2D eigenvalue weighted by Crippen LogP contribution is 2.56. The summed E-state index contributed by atoms with van der Waals surface area (Å²) in [6.07, 6.45) is 11.4. The van der Waals surface area contributed by atoms with Crippen LogP contribution in [0.2, 0.25) is 29.7 Å². The summed E-state index contributed by atoms with van der Waals surface area (Å²) in [5.74, 6) is 2.83. The van der Waals surface area contributed by atoms with Gasteiger partial charge in [-0.05, 0) is 47.6 Å². The van der Waals surface area contributed by atoms with Crippen molar-refractivity contribution in [2.75, 3.05) is 21.3 Å². The zero-order chi connectivity index (χ0) is 20.3. The molecule has 0 spiro atoms. The van der Waals surface area contributed by atoms with Gasteiger partial charge in [-0.25, -0.2) is 0 Å². The molecular formula is C22H46O3Si2. The van der Waals surface area contributed by atoms with Crippen molar-refractivity contribution in [2.45, 2.75) is 102 Å². The van der Waals surface area contributed by atoms with Gasteiger partial charge in [-0.3, -0.25) is 0 Å². The van der Waals surface area contributed by atoms with E-state index >= 15 is 0 Å². The minimum absolute atomic E-state index is 0.520. The van der Waals surface area contributed by atoms with Gasteiger partial charge in [0.25, 0.3) is 0 Å². The number of hydrogen-bond donors (Lipinski definition) is 0. The van der Waals surface area contributed by atoms with Gasteiger partial charge < -0.3 is 13.3 Å². The van der Waals surface area contributed by atoms with Crippen molar-refractivity contribution in [1.82, 2.24) is 0 Å². The molecule has 2 aliphatic carbocycles. The van der Waals surface area contributed by atoms with Crippen LogP contribution in [0, 0.1) is 17.8 Å². The Morgan fingerprint density at radius 3 is 1.85 bits per heavy atom. The summed E-state index contributed by atoms with van der Waals surface area (Å²) >= 11 is 0. The van der Waals surface area contributed by atoms with Crippen LogP contribution in [0.3, 0.4) is 0 Å². The molecule has 2 atom stereocenters. The predicted octanol–water partition coefficient (Wildman–Crippen LogP) is 6.74. The van der Waals surface area contributed by atoms with Gasteiger partial charge in [0.05, 0.1) is 8.07 Å². The smallest absolute Gasteiger partial charge is 0.377 e. The molecule has 5 heteroatoms. The van der Waals surface area contributed by atoms with Crippen molar-refractivity contribution in [3.05, 3.63) is 0 Å². The first-order valence-corrected chi connectivity index (χ1v) is 16.3. The second-order valence-electron chi connectivity index (χ2n) is 10.8. The van der Waals surface area contributed by atoms with Crippen molar-refractivity contribution in [2.24, 2.45) is 17.8 Å². The van der Waals surface area contributed by atoms with Crippen LogP contribution in [0.25, 0.3) is 0 Å². The summed E-state index contributed by atoms with van der Waals surface area (Å²) in [4.78, 5) is 0. The van der Waals surface area contributed by atoms with Crippen LogP contribution in [-0.4, -0.2) is 38.2 Å². The van der Waals surface area contributed by atoms with Crippen LogP contribution >= 0.6 is 0 Å². The summed E-state index contributed by atoms with van der Waals surface area (Å²) in [6, 6.07) is 0.960. The molecule has 0 amide bonds. The third-order valence-corrected chi connectivity index (χ3v) is 17.9. The molecule has 2 aliphatic rings. The first-order chi connectivity index (χ1) is 12.6. The van der Waals surface area contributed by atoms with Crippen molar-refractivity contribution >= 4 is 16.9 Å². The molecule has 160 valence electrons. The van der Waals surface area contributed by atoms with E-state index in [2.05, 4.69) is 33.9 Å². The highest BCUT2D eigenvalue weighted by atomic mass is 28.4. The van der Waals surface area contributed by atoms with Crippen LogP contribution in [0.15, 0.2) is 0 Å². The predicted molar refractivity (Wildman–Crippen MR) is 120 cm³/mol.